The molecule has 1 aliphatic heterocycles. The van der Waals surface area contributed by atoms with E-state index in [-0.39, 0.29) is 41.3 Å². The lowest BCUT2D eigenvalue weighted by Gasteiger charge is -2.43. The summed E-state index contributed by atoms with van der Waals surface area (Å²) in [5.41, 5.74) is 1.09. The summed E-state index contributed by atoms with van der Waals surface area (Å²) in [5.74, 6) is 0.0938. The molecule has 204 valence electrons. The van der Waals surface area contributed by atoms with E-state index in [0.29, 0.717) is 13.0 Å². The summed E-state index contributed by atoms with van der Waals surface area (Å²) >= 11 is 0. The maximum absolute atomic E-state index is 13.6. The lowest BCUT2D eigenvalue weighted by Crippen LogP contribution is -2.66. The van der Waals surface area contributed by atoms with Gasteiger partial charge in [-0.3, -0.25) is 4.79 Å². The molecule has 0 unspecified atom stereocenters. The number of nitrogens with zero attached hydrogens (tertiary/aromatic N) is 1. The molecule has 2 amide bonds. The lowest BCUT2D eigenvalue weighted by molar-refractivity contribution is -0.133. The second kappa shape index (κ2) is 11.1. The van der Waals surface area contributed by atoms with Gasteiger partial charge < -0.3 is 9.16 Å². The molecule has 4 atom stereocenters. The number of hydrogen-bond donors (Lipinski definition) is 0. The lowest BCUT2D eigenvalue weighted by atomic mass is 10.0. The van der Waals surface area contributed by atoms with Gasteiger partial charge in [-0.1, -0.05) is 119 Å². The van der Waals surface area contributed by atoms with Crippen LogP contribution in [0.15, 0.2) is 91.0 Å². The molecule has 0 aromatic heterocycles. The first kappa shape index (κ1) is 27.3. The average molecular weight is 542 g/mol. The van der Waals surface area contributed by atoms with E-state index in [9.17, 15) is 9.59 Å². The van der Waals surface area contributed by atoms with Crippen molar-refractivity contribution in [3.63, 3.8) is 0 Å². The molecule has 2 aliphatic rings. The van der Waals surface area contributed by atoms with Gasteiger partial charge in [-0.15, -0.1) is 0 Å². The van der Waals surface area contributed by atoms with Crippen LogP contribution in [0.4, 0.5) is 4.79 Å². The molecule has 1 heterocycles. The number of hydrogen-bond acceptors (Lipinski definition) is 4. The smallest absolute Gasteiger partial charge is 0.416 e. The van der Waals surface area contributed by atoms with Gasteiger partial charge in [0.15, 0.2) is 0 Å². The van der Waals surface area contributed by atoms with Gasteiger partial charge >= 0.3 is 6.09 Å². The zero-order chi connectivity index (χ0) is 27.6. The van der Waals surface area contributed by atoms with Gasteiger partial charge in [-0.25, -0.2) is 9.69 Å². The van der Waals surface area contributed by atoms with Gasteiger partial charge in [0, 0.05) is 12.5 Å². The van der Waals surface area contributed by atoms with Gasteiger partial charge in [0.25, 0.3) is 8.32 Å². The van der Waals surface area contributed by atoms with Crippen LogP contribution in [-0.4, -0.2) is 44.5 Å². The van der Waals surface area contributed by atoms with Crippen LogP contribution in [-0.2, 0) is 20.4 Å². The first-order valence-corrected chi connectivity index (χ1v) is 15.9. The van der Waals surface area contributed by atoms with Crippen LogP contribution in [0, 0.1) is 17.8 Å². The van der Waals surface area contributed by atoms with Crippen LogP contribution in [0.2, 0.25) is 5.04 Å². The summed E-state index contributed by atoms with van der Waals surface area (Å²) in [5, 5.41) is 2.42. The highest BCUT2D eigenvalue weighted by Gasteiger charge is 2.53. The predicted molar refractivity (Wildman–Crippen MR) is 156 cm³/mol. The third-order valence-corrected chi connectivity index (χ3v) is 13.5. The minimum absolute atomic E-state index is 0.0918. The standard InChI is InChI=1S/C33H39NO4Si/c1-24(31(35)34-27(23-37-32(34)36)20-25-14-8-5-9-15-25)30-21-26(30)22-38-39(33(2,3)4,28-16-10-6-11-17-28)29-18-12-7-13-19-29/h5-19,24,26-27,30H,20-23H2,1-4H3/t24-,26-,27-,30+/m1/s1. The summed E-state index contributed by atoms with van der Waals surface area (Å²) in [7, 11) is -2.62. The molecule has 5 nitrogen and oxygen atoms in total. The first-order valence-electron chi connectivity index (χ1n) is 14.0. The number of carbonyl (C=O) groups is 2. The molecule has 3 aromatic rings. The third kappa shape index (κ3) is 5.45. The Bertz CT molecular complexity index is 1240. The molecular formula is C33H39NO4Si. The summed E-state index contributed by atoms with van der Waals surface area (Å²) < 4.78 is 12.4. The molecule has 1 saturated heterocycles. The third-order valence-electron chi connectivity index (χ3n) is 8.45. The Kier molecular flexibility index (Phi) is 7.79. The highest BCUT2D eigenvalue weighted by Crippen LogP contribution is 2.47. The van der Waals surface area contributed by atoms with E-state index in [1.165, 1.54) is 15.3 Å². The molecule has 0 N–H and O–H groups in total. The summed E-state index contributed by atoms with van der Waals surface area (Å²) in [4.78, 5) is 27.5. The fraction of sp³-hybridized carbons (Fsp3) is 0.394. The second-order valence-corrected chi connectivity index (χ2v) is 16.4. The Morgan fingerprint density at radius 2 is 1.49 bits per heavy atom. The molecular weight excluding hydrogens is 502 g/mol. The van der Waals surface area contributed by atoms with E-state index >= 15 is 0 Å². The van der Waals surface area contributed by atoms with E-state index in [4.69, 9.17) is 9.16 Å². The van der Waals surface area contributed by atoms with Crippen LogP contribution in [0.3, 0.4) is 0 Å². The van der Waals surface area contributed by atoms with E-state index < -0.39 is 14.4 Å². The van der Waals surface area contributed by atoms with Crippen molar-refractivity contribution in [1.82, 2.24) is 4.90 Å². The second-order valence-electron chi connectivity index (χ2n) is 12.1. The van der Waals surface area contributed by atoms with E-state index in [1.54, 1.807) is 0 Å². The minimum atomic E-state index is -2.62. The van der Waals surface area contributed by atoms with Crippen LogP contribution in [0.5, 0.6) is 0 Å². The summed E-state index contributed by atoms with van der Waals surface area (Å²) in [6.45, 7) is 9.65. The average Bonchev–Trinajstić information content (AvgIpc) is 3.63. The van der Waals surface area contributed by atoms with Crippen LogP contribution >= 0.6 is 0 Å². The summed E-state index contributed by atoms with van der Waals surface area (Å²) in [6.07, 6.45) is 1.02. The molecule has 0 bridgehead atoms. The number of rotatable bonds is 9. The molecule has 6 heteroatoms. The molecule has 5 rings (SSSR count). The highest BCUT2D eigenvalue weighted by molar-refractivity contribution is 6.99. The van der Waals surface area contributed by atoms with Gasteiger partial charge in [0.2, 0.25) is 5.91 Å². The van der Waals surface area contributed by atoms with Crippen molar-refractivity contribution >= 4 is 30.7 Å². The highest BCUT2D eigenvalue weighted by atomic mass is 28.4. The Hall–Kier alpha value is -3.22. The zero-order valence-electron chi connectivity index (χ0n) is 23.4. The number of ether oxygens (including phenoxy) is 1. The molecule has 2 fully saturated rings. The Morgan fingerprint density at radius 1 is 0.949 bits per heavy atom. The molecule has 39 heavy (non-hydrogen) atoms. The molecule has 1 aliphatic carbocycles. The normalized spacial score (nSPS) is 21.9. The molecule has 3 aromatic carbocycles. The van der Waals surface area contributed by atoms with Gasteiger partial charge in [-0.05, 0) is 45.7 Å². The Balaban J connectivity index is 1.31. The monoisotopic (exact) mass is 541 g/mol. The van der Waals surface area contributed by atoms with E-state index in [2.05, 4.69) is 81.4 Å². The maximum Gasteiger partial charge on any atom is 0.416 e. The Morgan fingerprint density at radius 3 is 2.03 bits per heavy atom. The van der Waals surface area contributed by atoms with Crippen molar-refractivity contribution in [3.8, 4) is 0 Å². The van der Waals surface area contributed by atoms with Crippen LogP contribution in [0.25, 0.3) is 0 Å². The minimum Gasteiger partial charge on any atom is -0.447 e. The largest absolute Gasteiger partial charge is 0.447 e. The van der Waals surface area contributed by atoms with Gasteiger partial charge in [-0.2, -0.15) is 0 Å². The van der Waals surface area contributed by atoms with Crippen LogP contribution < -0.4 is 10.4 Å². The molecule has 0 radical (unpaired) electrons. The topological polar surface area (TPSA) is 55.8 Å². The van der Waals surface area contributed by atoms with Crippen molar-refractivity contribution in [3.05, 3.63) is 96.6 Å². The van der Waals surface area contributed by atoms with Crippen molar-refractivity contribution in [2.75, 3.05) is 13.2 Å². The molecule has 1 saturated carbocycles. The van der Waals surface area contributed by atoms with Gasteiger partial charge in [0.05, 0.1) is 6.04 Å². The van der Waals surface area contributed by atoms with Crippen molar-refractivity contribution < 1.29 is 18.8 Å². The number of amides is 2. The predicted octanol–water partition coefficient (Wildman–Crippen LogP) is 5.43. The fourth-order valence-electron chi connectivity index (χ4n) is 6.24. The maximum atomic E-state index is 13.6. The van der Waals surface area contributed by atoms with Crippen molar-refractivity contribution in [2.45, 2.75) is 51.6 Å². The van der Waals surface area contributed by atoms with Crippen molar-refractivity contribution in [2.24, 2.45) is 17.8 Å². The molecule has 0 spiro atoms. The van der Waals surface area contributed by atoms with Crippen LogP contribution in [0.1, 0.15) is 39.7 Å². The summed E-state index contributed by atoms with van der Waals surface area (Å²) in [6, 6.07) is 31.0. The zero-order valence-corrected chi connectivity index (χ0v) is 24.4. The SMILES string of the molecule is C[C@@H](C(=O)N1C(=O)OC[C@H]1Cc1ccccc1)[C@@H]1C[C@@H]1CO[Si](c1ccccc1)(c1ccccc1)C(C)(C)C. The van der Waals surface area contributed by atoms with E-state index in [1.807, 2.05) is 37.3 Å². The van der Waals surface area contributed by atoms with Crippen molar-refractivity contribution in [1.29, 1.82) is 0 Å². The first-order chi connectivity index (χ1) is 18.7. The number of benzene rings is 3. The van der Waals surface area contributed by atoms with E-state index in [0.717, 1.165) is 12.0 Å². The Labute approximate surface area is 233 Å². The number of cyclic esters (lactones) is 1. The van der Waals surface area contributed by atoms with Gasteiger partial charge in [0.1, 0.15) is 6.61 Å². The fourth-order valence-corrected chi connectivity index (χ4v) is 10.9. The number of carbonyl (C=O) groups excluding carboxylic acids is 2. The quantitative estimate of drug-likeness (QED) is 0.339. The number of imide groups is 1.